The second-order valence-electron chi connectivity index (χ2n) is 5.67. The molecule has 0 heterocycles. The van der Waals surface area contributed by atoms with Gasteiger partial charge in [0.2, 0.25) is 0 Å². The molecule has 0 aliphatic heterocycles. The summed E-state index contributed by atoms with van der Waals surface area (Å²) in [4.78, 5) is 0. The molecule has 2 aromatic rings. The third-order valence-electron chi connectivity index (χ3n) is 3.57. The van der Waals surface area contributed by atoms with Gasteiger partial charge in [0.05, 0.1) is 18.5 Å². The number of hydrogen-bond donors (Lipinski definition) is 0. The van der Waals surface area contributed by atoms with Gasteiger partial charge in [0.25, 0.3) is 0 Å². The fourth-order valence-electron chi connectivity index (χ4n) is 2.33. The van der Waals surface area contributed by atoms with Crippen LogP contribution in [0.15, 0.2) is 60.7 Å². The van der Waals surface area contributed by atoms with Crippen molar-refractivity contribution in [3.05, 3.63) is 60.7 Å². The van der Waals surface area contributed by atoms with Crippen LogP contribution in [0.5, 0.6) is 0 Å². The first kappa shape index (κ1) is 31.8. The lowest BCUT2D eigenvalue weighted by atomic mass is 9.99. The van der Waals surface area contributed by atoms with E-state index in [0.717, 1.165) is 5.79 Å². The van der Waals surface area contributed by atoms with Crippen LogP contribution in [0.1, 0.15) is 13.8 Å². The van der Waals surface area contributed by atoms with Crippen molar-refractivity contribution >= 4 is 43.6 Å². The summed E-state index contributed by atoms with van der Waals surface area (Å²) < 4.78 is 64.9. The van der Waals surface area contributed by atoms with Gasteiger partial charge in [-0.05, 0) is 24.3 Å². The molecule has 2 aromatic carbocycles. The highest BCUT2D eigenvalue weighted by molar-refractivity contribution is 7.74. The summed E-state index contributed by atoms with van der Waals surface area (Å²) in [6.45, 7) is -0.250. The van der Waals surface area contributed by atoms with Crippen molar-refractivity contribution in [2.75, 3.05) is 27.1 Å². The molecule has 0 saturated carbocycles. The van der Waals surface area contributed by atoms with E-state index in [1.54, 1.807) is 21.3 Å². The van der Waals surface area contributed by atoms with E-state index in [4.69, 9.17) is 22.2 Å². The molecule has 12 heteroatoms. The molecule has 31 heavy (non-hydrogen) atoms. The molecule has 0 fully saturated rings. The number of benzene rings is 2. The first-order valence-corrected chi connectivity index (χ1v) is 14.0. The van der Waals surface area contributed by atoms with Gasteiger partial charge in [-0.2, -0.15) is 0 Å². The molecule has 0 radical (unpaired) electrons. The standard InChI is InChI=1S/C16H21O3PSi.C2H6.CH3BF3.O2Si/c1-17-21(18-2,19-3)14-20(15-10-6-4-7-11-15)16-12-8-5-9-13-16;1-2;1-2(3,4)5;1-3-2/h4-13H,14H2,1-3H3;1-2H3;1H3;/q;;-1;/p+1. The smallest absolute Gasteiger partial charge is 0.449 e. The van der Waals surface area contributed by atoms with E-state index in [1.807, 2.05) is 26.0 Å². The Balaban J connectivity index is 0. The van der Waals surface area contributed by atoms with Crippen molar-refractivity contribution in [3.63, 3.8) is 0 Å². The van der Waals surface area contributed by atoms with Crippen LogP contribution in [0.25, 0.3) is 0 Å². The summed E-state index contributed by atoms with van der Waals surface area (Å²) >= 11 is 0. The Bertz CT molecular complexity index is 664. The van der Waals surface area contributed by atoms with Crippen molar-refractivity contribution in [2.24, 2.45) is 0 Å². The summed E-state index contributed by atoms with van der Waals surface area (Å²) in [7, 11) is 0.00285. The van der Waals surface area contributed by atoms with Crippen LogP contribution < -0.4 is 10.6 Å². The molecule has 0 aliphatic rings. The fourth-order valence-corrected chi connectivity index (χ4v) is 9.45. The summed E-state index contributed by atoms with van der Waals surface area (Å²) in [5, 5.41) is 2.69. The molecule has 0 amide bonds. The number of hydrogen-bond acceptors (Lipinski definition) is 5. The Morgan fingerprint density at radius 2 is 1.06 bits per heavy atom. The minimum atomic E-state index is -4.50. The summed E-state index contributed by atoms with van der Waals surface area (Å²) in [5.41, 5.74) is 0. The predicted octanol–water partition coefficient (Wildman–Crippen LogP) is 4.14. The Morgan fingerprint density at radius 3 is 1.29 bits per heavy atom. The van der Waals surface area contributed by atoms with Crippen LogP contribution in [0.4, 0.5) is 12.9 Å². The zero-order valence-electron chi connectivity index (χ0n) is 18.7. The average molecular weight is 494 g/mol. The first-order chi connectivity index (χ1) is 14.7. The second kappa shape index (κ2) is 18.2. The monoisotopic (exact) mass is 494 g/mol. The van der Waals surface area contributed by atoms with E-state index >= 15 is 0 Å². The van der Waals surface area contributed by atoms with Crippen molar-refractivity contribution in [1.82, 2.24) is 0 Å². The fraction of sp³-hybridized carbons (Fsp3) is 0.368. The van der Waals surface area contributed by atoms with E-state index in [1.165, 1.54) is 10.6 Å². The SMILES string of the molecule is CC.CO[Si](C[PH+](c1ccccc1)c1ccccc1)(OC)OC.C[B-](F)(F)F.O=[Si]=O. The molecule has 0 atom stereocenters. The largest absolute Gasteiger partial charge is 0.549 e. The average Bonchev–Trinajstić information content (AvgIpc) is 2.77. The minimum absolute atomic E-state index is 0.250. The second-order valence-corrected chi connectivity index (χ2v) is 12.0. The highest BCUT2D eigenvalue weighted by atomic mass is 31.1. The van der Waals surface area contributed by atoms with Gasteiger partial charge in [0.1, 0.15) is 5.79 Å². The first-order valence-electron chi connectivity index (χ1n) is 9.51. The lowest BCUT2D eigenvalue weighted by Gasteiger charge is -2.24. The zero-order chi connectivity index (χ0) is 24.3. The van der Waals surface area contributed by atoms with E-state index in [0.29, 0.717) is 0 Å². The molecule has 174 valence electrons. The maximum atomic E-state index is 10.4. The van der Waals surface area contributed by atoms with Gasteiger partial charge in [-0.15, -0.1) is 0 Å². The molecule has 0 aliphatic carbocycles. The van der Waals surface area contributed by atoms with E-state index in [-0.39, 0.29) is 6.82 Å². The van der Waals surface area contributed by atoms with Crippen LogP contribution in [0, 0.1) is 0 Å². The molecular formula is C19H31BF3O5PSi2. The lowest BCUT2D eigenvalue weighted by molar-refractivity contribution is 0.130. The Hall–Kier alpha value is -1.36. The molecule has 2 rings (SSSR count). The van der Waals surface area contributed by atoms with Crippen molar-refractivity contribution in [3.8, 4) is 0 Å². The van der Waals surface area contributed by atoms with Gasteiger partial charge in [0, 0.05) is 21.3 Å². The predicted molar refractivity (Wildman–Crippen MR) is 126 cm³/mol. The van der Waals surface area contributed by atoms with Gasteiger partial charge in [0.15, 0.2) is 0 Å². The molecule has 0 aromatic heterocycles. The van der Waals surface area contributed by atoms with Gasteiger partial charge >= 0.3 is 25.1 Å². The molecule has 0 unspecified atom stereocenters. The third kappa shape index (κ3) is 15.1. The van der Waals surface area contributed by atoms with Gasteiger partial charge in [-0.3, -0.25) is 8.92 Å². The minimum Gasteiger partial charge on any atom is -0.449 e. The van der Waals surface area contributed by atoms with Gasteiger partial charge in [-0.1, -0.05) is 57.1 Å². The van der Waals surface area contributed by atoms with Crippen molar-refractivity contribution < 1.29 is 35.1 Å². The molecule has 5 nitrogen and oxygen atoms in total. The van der Waals surface area contributed by atoms with E-state index < -0.39 is 33.0 Å². The zero-order valence-corrected chi connectivity index (χ0v) is 21.7. The van der Waals surface area contributed by atoms with Crippen LogP contribution >= 0.6 is 7.92 Å². The maximum absolute atomic E-state index is 10.4. The van der Waals surface area contributed by atoms with Gasteiger partial charge < -0.3 is 26.2 Å². The van der Waals surface area contributed by atoms with Crippen LogP contribution in [0.2, 0.25) is 6.82 Å². The van der Waals surface area contributed by atoms with Crippen LogP contribution in [0.3, 0.4) is 0 Å². The highest BCUT2D eigenvalue weighted by Crippen LogP contribution is 2.37. The summed E-state index contributed by atoms with van der Waals surface area (Å²) in [6.07, 6.45) is 0. The molecule has 0 N–H and O–H groups in total. The molecular weight excluding hydrogens is 463 g/mol. The van der Waals surface area contributed by atoms with Gasteiger partial charge in [-0.25, -0.2) is 0 Å². The van der Waals surface area contributed by atoms with Crippen LogP contribution in [-0.4, -0.2) is 52.2 Å². The Morgan fingerprint density at radius 1 is 0.806 bits per heavy atom. The topological polar surface area (TPSA) is 61.8 Å². The quantitative estimate of drug-likeness (QED) is 0.428. The summed E-state index contributed by atoms with van der Waals surface area (Å²) in [6, 6.07) is 21.1. The lowest BCUT2D eigenvalue weighted by Crippen LogP contribution is -2.48. The molecule has 0 saturated heterocycles. The van der Waals surface area contributed by atoms with Crippen molar-refractivity contribution in [1.29, 1.82) is 0 Å². The molecule has 0 spiro atoms. The molecule has 0 bridgehead atoms. The third-order valence-corrected chi connectivity index (χ3v) is 10.6. The Kier molecular flexibility index (Phi) is 18.7. The normalized spacial score (nSPS) is 10.4. The Labute approximate surface area is 187 Å². The number of rotatable bonds is 7. The van der Waals surface area contributed by atoms with E-state index in [2.05, 4.69) is 48.5 Å². The maximum Gasteiger partial charge on any atom is 0.549 e. The van der Waals surface area contributed by atoms with Crippen molar-refractivity contribution in [2.45, 2.75) is 20.7 Å². The highest BCUT2D eigenvalue weighted by Gasteiger charge is 2.46. The van der Waals surface area contributed by atoms with E-state index in [9.17, 15) is 12.9 Å². The summed E-state index contributed by atoms with van der Waals surface area (Å²) in [5.74, 6) is 0.815. The number of halogens is 3. The van der Waals surface area contributed by atoms with Crippen LogP contribution in [-0.2, 0) is 22.2 Å².